The van der Waals surface area contributed by atoms with Crippen LogP contribution in [0.3, 0.4) is 0 Å². The topological polar surface area (TPSA) is 68.8 Å². The molecule has 0 spiro atoms. The van der Waals surface area contributed by atoms with Crippen LogP contribution in [0.15, 0.2) is 35.0 Å². The average Bonchev–Trinajstić information content (AvgIpc) is 3.25. The van der Waals surface area contributed by atoms with Crippen LogP contribution in [-0.4, -0.2) is 33.0 Å². The van der Waals surface area contributed by atoms with Crippen LogP contribution in [0, 0.1) is 0 Å². The van der Waals surface area contributed by atoms with E-state index in [0.717, 1.165) is 25.9 Å². The van der Waals surface area contributed by atoms with Gasteiger partial charge in [-0.25, -0.2) is 0 Å². The van der Waals surface area contributed by atoms with Gasteiger partial charge in [-0.15, -0.1) is 0 Å². The van der Waals surface area contributed by atoms with E-state index in [0.29, 0.717) is 39.1 Å². The number of hydrogen-bond acceptors (Lipinski definition) is 5. The molecule has 124 valence electrons. The number of rotatable bonds is 3. The number of aromatic nitrogens is 4. The van der Waals surface area contributed by atoms with Gasteiger partial charge in [-0.2, -0.15) is 10.1 Å². The Labute approximate surface area is 148 Å². The van der Waals surface area contributed by atoms with E-state index in [1.165, 1.54) is 0 Å². The van der Waals surface area contributed by atoms with Crippen molar-refractivity contribution in [1.29, 1.82) is 0 Å². The van der Waals surface area contributed by atoms with Gasteiger partial charge in [-0.05, 0) is 37.6 Å². The van der Waals surface area contributed by atoms with E-state index in [4.69, 9.17) is 27.7 Å². The van der Waals surface area contributed by atoms with Crippen LogP contribution < -0.4 is 5.32 Å². The fourth-order valence-corrected chi connectivity index (χ4v) is 3.42. The Hall–Kier alpha value is -1.89. The third-order valence-electron chi connectivity index (χ3n) is 4.08. The van der Waals surface area contributed by atoms with Crippen molar-refractivity contribution in [1.82, 2.24) is 25.2 Å². The zero-order valence-corrected chi connectivity index (χ0v) is 14.3. The molecule has 1 fully saturated rings. The molecule has 3 heterocycles. The summed E-state index contributed by atoms with van der Waals surface area (Å²) >= 11 is 12.4. The third kappa shape index (κ3) is 2.92. The summed E-state index contributed by atoms with van der Waals surface area (Å²) in [5, 5.41) is 12.9. The van der Waals surface area contributed by atoms with Crippen molar-refractivity contribution < 1.29 is 4.52 Å². The van der Waals surface area contributed by atoms with Gasteiger partial charge in [-0.3, -0.25) is 4.68 Å². The van der Waals surface area contributed by atoms with Crippen LogP contribution >= 0.6 is 23.2 Å². The van der Waals surface area contributed by atoms with Crippen LogP contribution in [-0.2, 0) is 0 Å². The normalized spacial score (nSPS) is 18.0. The molecule has 1 saturated heterocycles. The first-order valence-electron chi connectivity index (χ1n) is 7.77. The van der Waals surface area contributed by atoms with Gasteiger partial charge in [0.2, 0.25) is 5.82 Å². The molecule has 0 bridgehead atoms. The van der Waals surface area contributed by atoms with E-state index in [2.05, 4.69) is 20.6 Å². The summed E-state index contributed by atoms with van der Waals surface area (Å²) in [5.74, 6) is 0.706. The van der Waals surface area contributed by atoms with Gasteiger partial charge in [0.25, 0.3) is 5.89 Å². The van der Waals surface area contributed by atoms with Crippen LogP contribution in [0.5, 0.6) is 0 Å². The van der Waals surface area contributed by atoms with Crippen molar-refractivity contribution in [3.8, 4) is 23.0 Å². The molecule has 4 rings (SSSR count). The number of hydrogen-bond donors (Lipinski definition) is 1. The zero-order valence-electron chi connectivity index (χ0n) is 12.7. The summed E-state index contributed by atoms with van der Waals surface area (Å²) in [5.41, 5.74) is 1.20. The lowest BCUT2D eigenvalue weighted by atomic mass is 10.1. The minimum Gasteiger partial charge on any atom is -0.332 e. The predicted octanol–water partition coefficient (Wildman–Crippen LogP) is 3.83. The fourth-order valence-electron chi connectivity index (χ4n) is 2.86. The second-order valence-electron chi connectivity index (χ2n) is 5.70. The van der Waals surface area contributed by atoms with Crippen molar-refractivity contribution in [3.63, 3.8) is 0 Å². The highest BCUT2D eigenvalue weighted by Gasteiger charge is 2.20. The highest BCUT2D eigenvalue weighted by Crippen LogP contribution is 2.33. The van der Waals surface area contributed by atoms with Crippen molar-refractivity contribution in [2.24, 2.45) is 0 Å². The average molecular weight is 364 g/mol. The van der Waals surface area contributed by atoms with Gasteiger partial charge in [0.15, 0.2) is 5.69 Å². The lowest BCUT2D eigenvalue weighted by Gasteiger charge is -2.22. The molecule has 2 aromatic heterocycles. The van der Waals surface area contributed by atoms with Crippen LogP contribution in [0.1, 0.15) is 18.9 Å². The molecule has 1 aliphatic heterocycles. The molecule has 1 aliphatic rings. The number of benzene rings is 1. The largest absolute Gasteiger partial charge is 0.332 e. The fraction of sp³-hybridized carbons (Fsp3) is 0.312. The Morgan fingerprint density at radius 2 is 2.04 bits per heavy atom. The smallest absolute Gasteiger partial charge is 0.278 e. The summed E-state index contributed by atoms with van der Waals surface area (Å²) in [6.07, 6.45) is 4.20. The zero-order chi connectivity index (χ0) is 16.5. The first-order chi connectivity index (χ1) is 11.7. The molecule has 1 aromatic carbocycles. The molecule has 1 N–H and O–H groups in total. The third-order valence-corrected chi connectivity index (χ3v) is 4.71. The first kappa shape index (κ1) is 15.6. The molecule has 1 unspecified atom stereocenters. The van der Waals surface area contributed by atoms with E-state index >= 15 is 0 Å². The van der Waals surface area contributed by atoms with Gasteiger partial charge in [0, 0.05) is 12.7 Å². The van der Waals surface area contributed by atoms with E-state index in [1.54, 1.807) is 18.2 Å². The molecule has 0 aliphatic carbocycles. The molecule has 0 radical (unpaired) electrons. The quantitative estimate of drug-likeness (QED) is 0.765. The van der Waals surface area contributed by atoms with Crippen LogP contribution in [0.2, 0.25) is 10.0 Å². The van der Waals surface area contributed by atoms with Gasteiger partial charge >= 0.3 is 0 Å². The molecular formula is C16H15Cl2N5O. The maximum Gasteiger partial charge on any atom is 0.278 e. The predicted molar refractivity (Wildman–Crippen MR) is 92.1 cm³/mol. The van der Waals surface area contributed by atoms with Crippen LogP contribution in [0.4, 0.5) is 0 Å². The van der Waals surface area contributed by atoms with Crippen LogP contribution in [0.25, 0.3) is 23.0 Å². The Balaban J connectivity index is 1.62. The Bertz CT molecular complexity index is 834. The maximum atomic E-state index is 6.19. The SMILES string of the molecule is Clc1cccc(Cl)c1-c1noc(-c2ccn(C3CCCNC3)n2)n1. The van der Waals surface area contributed by atoms with Gasteiger partial charge in [0.1, 0.15) is 0 Å². The highest BCUT2D eigenvalue weighted by molar-refractivity contribution is 6.38. The number of halogens is 2. The monoisotopic (exact) mass is 363 g/mol. The molecule has 1 atom stereocenters. The number of piperidine rings is 1. The molecule has 8 heteroatoms. The summed E-state index contributed by atoms with van der Waals surface area (Å²) < 4.78 is 7.30. The number of nitrogens with zero attached hydrogens (tertiary/aromatic N) is 4. The van der Waals surface area contributed by atoms with Gasteiger partial charge in [-0.1, -0.05) is 34.4 Å². The summed E-state index contributed by atoms with van der Waals surface area (Å²) in [4.78, 5) is 4.39. The molecule has 0 amide bonds. The first-order valence-corrected chi connectivity index (χ1v) is 8.52. The van der Waals surface area contributed by atoms with E-state index in [-0.39, 0.29) is 0 Å². The van der Waals surface area contributed by atoms with Gasteiger partial charge < -0.3 is 9.84 Å². The molecular weight excluding hydrogens is 349 g/mol. The van der Waals surface area contributed by atoms with Crippen molar-refractivity contribution in [3.05, 3.63) is 40.5 Å². The minimum atomic E-state index is 0.350. The molecule has 0 saturated carbocycles. The summed E-state index contributed by atoms with van der Waals surface area (Å²) in [7, 11) is 0. The molecule has 3 aromatic rings. The summed E-state index contributed by atoms with van der Waals surface area (Å²) in [6, 6.07) is 7.48. The summed E-state index contributed by atoms with van der Waals surface area (Å²) in [6.45, 7) is 1.99. The maximum absolute atomic E-state index is 6.19. The molecule has 6 nitrogen and oxygen atoms in total. The van der Waals surface area contributed by atoms with E-state index < -0.39 is 0 Å². The molecule has 24 heavy (non-hydrogen) atoms. The lowest BCUT2D eigenvalue weighted by Crippen LogP contribution is -2.31. The van der Waals surface area contributed by atoms with Crippen molar-refractivity contribution in [2.45, 2.75) is 18.9 Å². The van der Waals surface area contributed by atoms with E-state index in [1.807, 2.05) is 16.9 Å². The Morgan fingerprint density at radius 1 is 1.21 bits per heavy atom. The van der Waals surface area contributed by atoms with Gasteiger partial charge in [0.05, 0.1) is 21.7 Å². The Kier molecular flexibility index (Phi) is 4.26. The Morgan fingerprint density at radius 3 is 2.79 bits per heavy atom. The number of nitrogens with one attached hydrogen (secondary N) is 1. The van der Waals surface area contributed by atoms with E-state index in [9.17, 15) is 0 Å². The standard InChI is InChI=1S/C16H15Cl2N5O/c17-11-4-1-5-12(18)14(11)15-20-16(24-22-15)13-6-8-23(21-13)10-3-2-7-19-9-10/h1,4-6,8,10,19H,2-3,7,9H2. The lowest BCUT2D eigenvalue weighted by molar-refractivity contribution is 0.346. The van der Waals surface area contributed by atoms with Crippen molar-refractivity contribution >= 4 is 23.2 Å². The highest BCUT2D eigenvalue weighted by atomic mass is 35.5. The second-order valence-corrected chi connectivity index (χ2v) is 6.52. The minimum absolute atomic E-state index is 0.350. The van der Waals surface area contributed by atoms with Crippen molar-refractivity contribution in [2.75, 3.05) is 13.1 Å². The second kappa shape index (κ2) is 6.55.